The van der Waals surface area contributed by atoms with Gasteiger partial charge in [0.25, 0.3) is 0 Å². The molecule has 0 aromatic heterocycles. The summed E-state index contributed by atoms with van der Waals surface area (Å²) >= 11 is 0. The average molecular weight is 230 g/mol. The second-order valence-corrected chi connectivity index (χ2v) is 3.22. The van der Waals surface area contributed by atoms with Crippen LogP contribution in [0.2, 0.25) is 0 Å². The van der Waals surface area contributed by atoms with E-state index in [1.807, 2.05) is 0 Å². The van der Waals surface area contributed by atoms with Gasteiger partial charge in [-0.2, -0.15) is 0 Å². The molecular formula is C10H14O6. The van der Waals surface area contributed by atoms with Crippen LogP contribution in [0.25, 0.3) is 0 Å². The summed E-state index contributed by atoms with van der Waals surface area (Å²) in [7, 11) is 0. The van der Waals surface area contributed by atoms with E-state index in [1.165, 1.54) is 6.08 Å². The summed E-state index contributed by atoms with van der Waals surface area (Å²) in [6, 6.07) is 0. The van der Waals surface area contributed by atoms with E-state index in [-0.39, 0.29) is 12.8 Å². The highest BCUT2D eigenvalue weighted by Gasteiger charge is 2.23. The number of carboxylic acids is 3. The molecular weight excluding hydrogens is 216 g/mol. The molecule has 0 atom stereocenters. The molecule has 0 saturated carbocycles. The topological polar surface area (TPSA) is 112 Å². The van der Waals surface area contributed by atoms with Crippen LogP contribution >= 0.6 is 0 Å². The molecule has 0 heterocycles. The maximum atomic E-state index is 10.5. The zero-order valence-corrected chi connectivity index (χ0v) is 8.63. The molecule has 0 fully saturated rings. The molecule has 3 N–H and O–H groups in total. The largest absolute Gasteiger partial charge is 0.481 e. The first-order valence-corrected chi connectivity index (χ1v) is 4.77. The van der Waals surface area contributed by atoms with E-state index in [1.54, 1.807) is 6.08 Å². The normalized spacial score (nSPS) is 10.8. The van der Waals surface area contributed by atoms with Gasteiger partial charge in [0.15, 0.2) is 5.92 Å². The number of rotatable bonds is 8. The van der Waals surface area contributed by atoms with Crippen molar-refractivity contribution in [2.45, 2.75) is 25.7 Å². The molecule has 0 aliphatic rings. The van der Waals surface area contributed by atoms with Crippen molar-refractivity contribution in [2.75, 3.05) is 0 Å². The number of aliphatic carboxylic acids is 3. The van der Waals surface area contributed by atoms with E-state index in [0.717, 1.165) is 0 Å². The molecule has 0 unspecified atom stereocenters. The molecule has 0 aliphatic carbocycles. The second kappa shape index (κ2) is 7.44. The third-order valence-corrected chi connectivity index (χ3v) is 1.90. The number of carboxylic acid groups (broad SMARTS) is 3. The predicted octanol–water partition coefficient (Wildman–Crippen LogP) is 0.973. The van der Waals surface area contributed by atoms with Gasteiger partial charge in [-0.05, 0) is 19.3 Å². The Hall–Kier alpha value is -1.85. The molecule has 90 valence electrons. The van der Waals surface area contributed by atoms with Gasteiger partial charge in [-0.3, -0.25) is 14.4 Å². The molecule has 0 aliphatic heterocycles. The summed E-state index contributed by atoms with van der Waals surface area (Å²) < 4.78 is 0. The van der Waals surface area contributed by atoms with Crippen LogP contribution in [0.3, 0.4) is 0 Å². The zero-order valence-electron chi connectivity index (χ0n) is 8.63. The van der Waals surface area contributed by atoms with Gasteiger partial charge < -0.3 is 15.3 Å². The van der Waals surface area contributed by atoms with E-state index in [2.05, 4.69) is 0 Å². The lowest BCUT2D eigenvalue weighted by Crippen LogP contribution is -2.22. The highest BCUT2D eigenvalue weighted by molar-refractivity contribution is 5.92. The van der Waals surface area contributed by atoms with E-state index in [4.69, 9.17) is 15.3 Å². The van der Waals surface area contributed by atoms with Crippen molar-refractivity contribution in [1.82, 2.24) is 0 Å². The first-order valence-electron chi connectivity index (χ1n) is 4.77. The fourth-order valence-corrected chi connectivity index (χ4v) is 1.03. The van der Waals surface area contributed by atoms with Crippen molar-refractivity contribution in [2.24, 2.45) is 5.92 Å². The minimum absolute atomic E-state index is 0.0473. The summed E-state index contributed by atoms with van der Waals surface area (Å²) in [6.07, 6.45) is 3.97. The van der Waals surface area contributed by atoms with Crippen LogP contribution in [0, 0.1) is 5.92 Å². The Kier molecular flexibility index (Phi) is 6.58. The van der Waals surface area contributed by atoms with Crippen LogP contribution in [0.15, 0.2) is 12.2 Å². The van der Waals surface area contributed by atoms with E-state index < -0.39 is 23.8 Å². The number of hydrogen-bond donors (Lipinski definition) is 3. The molecule has 6 heteroatoms. The SMILES string of the molecule is O=C(O)CCC/C=C\CC(C(=O)O)C(=O)O. The monoisotopic (exact) mass is 230 g/mol. The van der Waals surface area contributed by atoms with Crippen molar-refractivity contribution in [3.8, 4) is 0 Å². The Morgan fingerprint density at radius 1 is 1.00 bits per heavy atom. The number of carbonyl (C=O) groups is 3. The van der Waals surface area contributed by atoms with Gasteiger partial charge in [0.1, 0.15) is 0 Å². The van der Waals surface area contributed by atoms with Crippen molar-refractivity contribution in [3.05, 3.63) is 12.2 Å². The molecule has 0 saturated heterocycles. The highest BCUT2D eigenvalue weighted by Crippen LogP contribution is 2.06. The Morgan fingerprint density at radius 3 is 2.00 bits per heavy atom. The number of allylic oxidation sites excluding steroid dienone is 2. The lowest BCUT2D eigenvalue weighted by atomic mass is 10.1. The van der Waals surface area contributed by atoms with Gasteiger partial charge in [0, 0.05) is 6.42 Å². The molecule has 0 amide bonds. The fraction of sp³-hybridized carbons (Fsp3) is 0.500. The van der Waals surface area contributed by atoms with Gasteiger partial charge in [-0.1, -0.05) is 12.2 Å². The standard InChI is InChI=1S/C10H14O6/c11-8(12)6-4-2-1-3-5-7(9(13)14)10(15)16/h1,3,7H,2,4-6H2,(H,11,12)(H,13,14)(H,15,16)/b3-1-. The van der Waals surface area contributed by atoms with Gasteiger partial charge in [-0.15, -0.1) is 0 Å². The quantitative estimate of drug-likeness (QED) is 0.325. The molecule has 0 rings (SSSR count). The minimum Gasteiger partial charge on any atom is -0.481 e. The highest BCUT2D eigenvalue weighted by atomic mass is 16.4. The Bertz CT molecular complexity index is 280. The van der Waals surface area contributed by atoms with Crippen LogP contribution in [0.4, 0.5) is 0 Å². The van der Waals surface area contributed by atoms with Crippen LogP contribution < -0.4 is 0 Å². The predicted molar refractivity (Wildman–Crippen MR) is 54.0 cm³/mol. The molecule has 0 aromatic rings. The molecule has 6 nitrogen and oxygen atoms in total. The van der Waals surface area contributed by atoms with Crippen LogP contribution in [-0.4, -0.2) is 33.2 Å². The van der Waals surface area contributed by atoms with Gasteiger partial charge >= 0.3 is 17.9 Å². The molecule has 0 aromatic carbocycles. The van der Waals surface area contributed by atoms with Crippen molar-refractivity contribution >= 4 is 17.9 Å². The summed E-state index contributed by atoms with van der Waals surface area (Å²) in [4.78, 5) is 31.1. The van der Waals surface area contributed by atoms with Crippen molar-refractivity contribution in [3.63, 3.8) is 0 Å². The van der Waals surface area contributed by atoms with Crippen LogP contribution in [-0.2, 0) is 14.4 Å². The van der Waals surface area contributed by atoms with E-state index in [0.29, 0.717) is 12.8 Å². The van der Waals surface area contributed by atoms with E-state index >= 15 is 0 Å². The van der Waals surface area contributed by atoms with Gasteiger partial charge in [0.05, 0.1) is 0 Å². The third kappa shape index (κ3) is 6.58. The van der Waals surface area contributed by atoms with Crippen LogP contribution in [0.1, 0.15) is 25.7 Å². The first kappa shape index (κ1) is 14.2. The Morgan fingerprint density at radius 2 is 1.56 bits per heavy atom. The van der Waals surface area contributed by atoms with Crippen molar-refractivity contribution < 1.29 is 29.7 Å². The van der Waals surface area contributed by atoms with E-state index in [9.17, 15) is 14.4 Å². The Labute approximate surface area is 92.2 Å². The lowest BCUT2D eigenvalue weighted by molar-refractivity contribution is -0.154. The number of unbranched alkanes of at least 4 members (excludes halogenated alkanes) is 1. The number of hydrogen-bond acceptors (Lipinski definition) is 3. The maximum absolute atomic E-state index is 10.5. The van der Waals surface area contributed by atoms with Crippen LogP contribution in [0.5, 0.6) is 0 Å². The summed E-state index contributed by atoms with van der Waals surface area (Å²) in [6.45, 7) is 0. The van der Waals surface area contributed by atoms with Gasteiger partial charge in [0.2, 0.25) is 0 Å². The summed E-state index contributed by atoms with van der Waals surface area (Å²) in [5, 5.41) is 25.4. The average Bonchev–Trinajstić information content (AvgIpc) is 2.14. The second-order valence-electron chi connectivity index (χ2n) is 3.22. The maximum Gasteiger partial charge on any atom is 0.318 e. The molecule has 16 heavy (non-hydrogen) atoms. The smallest absolute Gasteiger partial charge is 0.318 e. The molecule has 0 spiro atoms. The Balaban J connectivity index is 3.84. The summed E-state index contributed by atoms with van der Waals surface area (Å²) in [5.41, 5.74) is 0. The van der Waals surface area contributed by atoms with Crippen molar-refractivity contribution in [1.29, 1.82) is 0 Å². The zero-order chi connectivity index (χ0) is 12.6. The van der Waals surface area contributed by atoms with Gasteiger partial charge in [-0.25, -0.2) is 0 Å². The molecule has 0 radical (unpaired) electrons. The summed E-state index contributed by atoms with van der Waals surface area (Å²) in [5.74, 6) is -5.07. The lowest BCUT2D eigenvalue weighted by Gasteiger charge is -2.02. The molecule has 0 bridgehead atoms. The minimum atomic E-state index is -1.43. The fourth-order valence-electron chi connectivity index (χ4n) is 1.03. The first-order chi connectivity index (χ1) is 7.45. The third-order valence-electron chi connectivity index (χ3n) is 1.90.